The molecule has 3 aromatic rings. The molecule has 1 unspecified atom stereocenters. The quantitative estimate of drug-likeness (QED) is 0.0228. The number of hydrogen-bond acceptors (Lipinski definition) is 7. The highest BCUT2D eigenvalue weighted by atomic mass is 32.2. The van der Waals surface area contributed by atoms with Crippen molar-refractivity contribution in [2.45, 2.75) is 121 Å². The second kappa shape index (κ2) is 24.2. The largest absolute Gasteiger partial charge is 0.494 e. The Kier molecular flexibility index (Phi) is 19.6. The van der Waals surface area contributed by atoms with Gasteiger partial charge in [0.1, 0.15) is 17.1 Å². The van der Waals surface area contributed by atoms with Gasteiger partial charge in [-0.3, -0.25) is 14.3 Å². The first kappa shape index (κ1) is 40.4. The Morgan fingerprint density at radius 3 is 1.80 bits per heavy atom. The maximum atomic E-state index is 12.7. The third-order valence-corrected chi connectivity index (χ3v) is 9.33. The van der Waals surface area contributed by atoms with Crippen molar-refractivity contribution in [1.29, 1.82) is 0 Å². The van der Waals surface area contributed by atoms with Gasteiger partial charge in [0.05, 0.1) is 28.6 Å². The van der Waals surface area contributed by atoms with Crippen molar-refractivity contribution in [2.24, 2.45) is 0 Å². The highest BCUT2D eigenvalue weighted by Gasteiger charge is 2.17. The van der Waals surface area contributed by atoms with Crippen molar-refractivity contribution in [3.63, 3.8) is 0 Å². The SMILES string of the molecule is CCCCCCCCCCCCOc1ccc(C(=O)Oc2ccc(C#Cc3ccc(S(=O)OCCCCCCCC)cc3[N+](=O)[O-])cc2)cc1. The second-order valence-corrected chi connectivity index (χ2v) is 13.7. The van der Waals surface area contributed by atoms with Gasteiger partial charge in [0.2, 0.25) is 0 Å². The summed E-state index contributed by atoms with van der Waals surface area (Å²) in [5.74, 6) is 6.32. The minimum absolute atomic E-state index is 0.193. The number of unbranched alkanes of at least 4 members (excludes halogenated alkanes) is 14. The molecule has 0 N–H and O–H groups in total. The van der Waals surface area contributed by atoms with Crippen LogP contribution in [0.5, 0.6) is 11.5 Å². The zero-order valence-corrected chi connectivity index (χ0v) is 30.6. The number of nitro benzene ring substituents is 1. The molecule has 0 aromatic heterocycles. The maximum absolute atomic E-state index is 12.7. The zero-order valence-electron chi connectivity index (χ0n) is 29.8. The summed E-state index contributed by atoms with van der Waals surface area (Å²) < 4.78 is 29.3. The fourth-order valence-electron chi connectivity index (χ4n) is 5.34. The van der Waals surface area contributed by atoms with Crippen molar-refractivity contribution >= 4 is 22.7 Å². The molecular weight excluding hydrogens is 651 g/mol. The molecule has 0 fully saturated rings. The summed E-state index contributed by atoms with van der Waals surface area (Å²) >= 11 is -1.80. The lowest BCUT2D eigenvalue weighted by Gasteiger charge is -2.08. The standard InChI is InChI=1S/C41H53NO7S/c1-3-5-7-9-11-12-13-14-15-17-31-47-37-28-23-36(24-29-37)41(43)49-38-26-20-34(21-27-38)19-22-35-25-30-39(33-40(35)42(44)45)50(46)48-32-18-16-10-8-6-4-2/h20-21,23-30,33H,3-18,31-32H2,1-2H3. The van der Waals surface area contributed by atoms with Crippen molar-refractivity contribution in [1.82, 2.24) is 0 Å². The van der Waals surface area contributed by atoms with Crippen LogP contribution in [0.2, 0.25) is 0 Å². The highest BCUT2D eigenvalue weighted by molar-refractivity contribution is 7.80. The van der Waals surface area contributed by atoms with Gasteiger partial charge >= 0.3 is 5.97 Å². The summed E-state index contributed by atoms with van der Waals surface area (Å²) in [5.41, 5.74) is 0.938. The van der Waals surface area contributed by atoms with Gasteiger partial charge in [-0.1, -0.05) is 116 Å². The number of carbonyl (C=O) groups is 1. The Hall–Kier alpha value is -4.00. The molecule has 50 heavy (non-hydrogen) atoms. The predicted octanol–water partition coefficient (Wildman–Crippen LogP) is 10.9. The minimum atomic E-state index is -1.80. The molecule has 0 radical (unpaired) electrons. The van der Waals surface area contributed by atoms with Crippen LogP contribution in [-0.2, 0) is 15.3 Å². The molecule has 8 nitrogen and oxygen atoms in total. The molecule has 0 aliphatic rings. The van der Waals surface area contributed by atoms with Crippen molar-refractivity contribution in [3.05, 3.63) is 93.5 Å². The summed E-state index contributed by atoms with van der Waals surface area (Å²) in [6.45, 7) is 5.40. The van der Waals surface area contributed by atoms with E-state index in [2.05, 4.69) is 25.7 Å². The Labute approximate surface area is 301 Å². The highest BCUT2D eigenvalue weighted by Crippen LogP contribution is 2.23. The van der Waals surface area contributed by atoms with Gasteiger partial charge in [-0.25, -0.2) is 9.00 Å². The van der Waals surface area contributed by atoms with Crippen LogP contribution in [0, 0.1) is 22.0 Å². The molecule has 0 bridgehead atoms. The van der Waals surface area contributed by atoms with Crippen molar-refractivity contribution in [3.8, 4) is 23.3 Å². The molecule has 9 heteroatoms. The lowest BCUT2D eigenvalue weighted by molar-refractivity contribution is -0.385. The molecule has 0 saturated carbocycles. The van der Waals surface area contributed by atoms with E-state index in [1.807, 2.05) is 0 Å². The first-order valence-corrected chi connectivity index (χ1v) is 19.4. The van der Waals surface area contributed by atoms with Gasteiger partial charge in [-0.15, -0.1) is 0 Å². The molecule has 3 aromatic carbocycles. The van der Waals surface area contributed by atoms with E-state index >= 15 is 0 Å². The van der Waals surface area contributed by atoms with Gasteiger partial charge in [-0.05, 0) is 73.5 Å². The van der Waals surface area contributed by atoms with E-state index in [1.54, 1.807) is 48.5 Å². The molecule has 1 atom stereocenters. The maximum Gasteiger partial charge on any atom is 0.343 e. The van der Waals surface area contributed by atoms with Crippen LogP contribution in [0.25, 0.3) is 0 Å². The predicted molar refractivity (Wildman–Crippen MR) is 200 cm³/mol. The molecule has 0 aliphatic carbocycles. The van der Waals surface area contributed by atoms with Crippen molar-refractivity contribution in [2.75, 3.05) is 13.2 Å². The smallest absolute Gasteiger partial charge is 0.343 e. The van der Waals surface area contributed by atoms with Gasteiger partial charge in [0, 0.05) is 11.6 Å². The van der Waals surface area contributed by atoms with Crippen LogP contribution in [0.4, 0.5) is 5.69 Å². The number of esters is 1. The normalized spacial score (nSPS) is 11.4. The van der Waals surface area contributed by atoms with Gasteiger partial charge in [-0.2, -0.15) is 0 Å². The molecule has 3 rings (SSSR count). The number of nitro groups is 1. The number of hydrogen-bond donors (Lipinski definition) is 0. The Morgan fingerprint density at radius 2 is 1.22 bits per heavy atom. The Balaban J connectivity index is 1.43. The Morgan fingerprint density at radius 1 is 0.680 bits per heavy atom. The van der Waals surface area contributed by atoms with Crippen LogP contribution < -0.4 is 9.47 Å². The average molecular weight is 704 g/mol. The monoisotopic (exact) mass is 703 g/mol. The van der Waals surface area contributed by atoms with Crippen LogP contribution in [-0.4, -0.2) is 28.3 Å². The second-order valence-electron chi connectivity index (χ2n) is 12.5. The molecule has 0 saturated heterocycles. The van der Waals surface area contributed by atoms with Crippen molar-refractivity contribution < 1.29 is 27.6 Å². The fraction of sp³-hybridized carbons (Fsp3) is 0.488. The number of ether oxygens (including phenoxy) is 2. The molecule has 0 amide bonds. The van der Waals surface area contributed by atoms with Gasteiger partial charge in [0.25, 0.3) is 5.69 Å². The number of carbonyl (C=O) groups excluding carboxylic acids is 1. The summed E-state index contributed by atoms with van der Waals surface area (Å²) in [5, 5.41) is 11.7. The molecule has 270 valence electrons. The van der Waals surface area contributed by atoms with E-state index in [0.29, 0.717) is 30.1 Å². The summed E-state index contributed by atoms with van der Waals surface area (Å²) in [4.78, 5) is 24.1. The molecular formula is C41H53NO7S. The van der Waals surface area contributed by atoms with Crippen LogP contribution in [0.3, 0.4) is 0 Å². The third-order valence-electron chi connectivity index (χ3n) is 8.31. The Bertz CT molecular complexity index is 1530. The van der Waals surface area contributed by atoms with E-state index in [-0.39, 0.29) is 16.1 Å². The zero-order chi connectivity index (χ0) is 35.8. The van der Waals surface area contributed by atoms with E-state index < -0.39 is 22.0 Å². The summed E-state index contributed by atoms with van der Waals surface area (Å²) in [7, 11) is 0. The van der Waals surface area contributed by atoms with Gasteiger partial charge in [0.15, 0.2) is 11.1 Å². The van der Waals surface area contributed by atoms with E-state index in [0.717, 1.165) is 37.9 Å². The van der Waals surface area contributed by atoms with Gasteiger partial charge < -0.3 is 9.47 Å². The lowest BCUT2D eigenvalue weighted by Crippen LogP contribution is -2.08. The van der Waals surface area contributed by atoms with Crippen LogP contribution >= 0.6 is 0 Å². The third kappa shape index (κ3) is 15.7. The average Bonchev–Trinajstić information content (AvgIpc) is 3.13. The van der Waals surface area contributed by atoms with E-state index in [4.69, 9.17) is 13.7 Å². The molecule has 0 aliphatic heterocycles. The first-order valence-electron chi connectivity index (χ1n) is 18.3. The summed E-state index contributed by atoms with van der Waals surface area (Å²) in [6, 6.07) is 17.8. The topological polar surface area (TPSA) is 105 Å². The number of benzene rings is 3. The van der Waals surface area contributed by atoms with Crippen LogP contribution in [0.15, 0.2) is 71.6 Å². The van der Waals surface area contributed by atoms with E-state index in [9.17, 15) is 19.1 Å². The molecule has 0 heterocycles. The van der Waals surface area contributed by atoms with E-state index in [1.165, 1.54) is 88.8 Å². The number of nitrogens with zero attached hydrogens (tertiary/aromatic N) is 1. The number of rotatable bonds is 24. The molecule has 0 spiro atoms. The minimum Gasteiger partial charge on any atom is -0.494 e. The van der Waals surface area contributed by atoms with Crippen LogP contribution in [0.1, 0.15) is 138 Å². The lowest BCUT2D eigenvalue weighted by atomic mass is 10.1. The first-order chi connectivity index (χ1) is 24.4. The fourth-order valence-corrected chi connectivity index (χ4v) is 6.13. The summed E-state index contributed by atoms with van der Waals surface area (Å²) in [6.07, 6.45) is 19.2.